The normalized spacial score (nSPS) is 11.8. The third-order valence-corrected chi connectivity index (χ3v) is 3.52. The summed E-state index contributed by atoms with van der Waals surface area (Å²) in [6.45, 7) is 11.8. The van der Waals surface area contributed by atoms with E-state index >= 15 is 0 Å². The fourth-order valence-corrected chi connectivity index (χ4v) is 2.20. The molecule has 0 aliphatic heterocycles. The second kappa shape index (κ2) is 11.0. The van der Waals surface area contributed by atoms with Gasteiger partial charge < -0.3 is 15.5 Å². The first-order chi connectivity index (χ1) is 10.7. The highest BCUT2D eigenvalue weighted by Crippen LogP contribution is 2.03. The molecule has 0 saturated carbocycles. The lowest BCUT2D eigenvalue weighted by molar-refractivity contribution is 0.313. The number of benzene rings is 1. The van der Waals surface area contributed by atoms with Gasteiger partial charge in [-0.25, -0.2) is 4.39 Å². The Morgan fingerprint density at radius 1 is 1.18 bits per heavy atom. The van der Waals surface area contributed by atoms with Gasteiger partial charge in [-0.1, -0.05) is 26.0 Å². The van der Waals surface area contributed by atoms with Crippen molar-refractivity contribution in [3.8, 4) is 0 Å². The first-order valence-electron chi connectivity index (χ1n) is 8.18. The Hall–Kier alpha value is -1.62. The maximum atomic E-state index is 13.1. The summed E-state index contributed by atoms with van der Waals surface area (Å²) < 4.78 is 13.1. The molecule has 1 aromatic rings. The molecule has 0 amide bonds. The third-order valence-electron chi connectivity index (χ3n) is 3.52. The monoisotopic (exact) mass is 308 g/mol. The maximum Gasteiger partial charge on any atom is 0.191 e. The fourth-order valence-electron chi connectivity index (χ4n) is 2.20. The Bertz CT molecular complexity index is 444. The quantitative estimate of drug-likeness (QED) is 0.543. The molecular weight excluding hydrogens is 279 g/mol. The van der Waals surface area contributed by atoms with Crippen LogP contribution in [0.5, 0.6) is 0 Å². The second-order valence-electron chi connectivity index (χ2n) is 5.09. The first-order valence-corrected chi connectivity index (χ1v) is 8.18. The van der Waals surface area contributed by atoms with Crippen LogP contribution in [0.3, 0.4) is 0 Å². The Labute approximate surface area is 133 Å². The maximum absolute atomic E-state index is 13.1. The van der Waals surface area contributed by atoms with Gasteiger partial charge in [0.1, 0.15) is 5.82 Å². The summed E-state index contributed by atoms with van der Waals surface area (Å²) in [6.07, 6.45) is 0.776. The summed E-state index contributed by atoms with van der Waals surface area (Å²) >= 11 is 0. The van der Waals surface area contributed by atoms with Crippen molar-refractivity contribution in [2.24, 2.45) is 4.99 Å². The molecule has 0 radical (unpaired) electrons. The van der Waals surface area contributed by atoms with Crippen LogP contribution in [-0.2, 0) is 6.42 Å². The van der Waals surface area contributed by atoms with Crippen LogP contribution >= 0.6 is 0 Å². The number of aliphatic imine (C=N–C) groups is 1. The highest BCUT2D eigenvalue weighted by molar-refractivity contribution is 5.79. The van der Waals surface area contributed by atoms with E-state index in [4.69, 9.17) is 0 Å². The van der Waals surface area contributed by atoms with Gasteiger partial charge in [0, 0.05) is 19.6 Å². The molecule has 4 nitrogen and oxygen atoms in total. The van der Waals surface area contributed by atoms with Crippen molar-refractivity contribution in [3.05, 3.63) is 35.6 Å². The van der Waals surface area contributed by atoms with E-state index in [0.29, 0.717) is 0 Å². The number of nitrogens with one attached hydrogen (secondary N) is 2. The minimum Gasteiger partial charge on any atom is -0.357 e. The number of nitrogens with zero attached hydrogens (tertiary/aromatic N) is 2. The fraction of sp³-hybridized carbons (Fsp3) is 0.588. The summed E-state index contributed by atoms with van der Waals surface area (Å²) in [7, 11) is 0. The molecule has 0 aliphatic rings. The number of halogens is 1. The van der Waals surface area contributed by atoms with Crippen molar-refractivity contribution in [2.75, 3.05) is 39.3 Å². The molecule has 0 fully saturated rings. The van der Waals surface area contributed by atoms with E-state index in [0.717, 1.165) is 57.2 Å². The van der Waals surface area contributed by atoms with E-state index in [2.05, 4.69) is 34.4 Å². The summed E-state index contributed by atoms with van der Waals surface area (Å²) in [5, 5.41) is 6.53. The highest BCUT2D eigenvalue weighted by atomic mass is 19.1. The van der Waals surface area contributed by atoms with Crippen LogP contribution in [0.2, 0.25) is 0 Å². The summed E-state index contributed by atoms with van der Waals surface area (Å²) in [4.78, 5) is 6.92. The van der Waals surface area contributed by atoms with Gasteiger partial charge in [0.05, 0.1) is 6.54 Å². The topological polar surface area (TPSA) is 39.7 Å². The van der Waals surface area contributed by atoms with Gasteiger partial charge in [0.2, 0.25) is 0 Å². The molecule has 0 spiro atoms. The van der Waals surface area contributed by atoms with Crippen LogP contribution in [0.1, 0.15) is 26.3 Å². The summed E-state index contributed by atoms with van der Waals surface area (Å²) in [6, 6.07) is 6.73. The molecule has 124 valence electrons. The minimum atomic E-state index is -0.183. The number of hydrogen-bond acceptors (Lipinski definition) is 2. The summed E-state index contributed by atoms with van der Waals surface area (Å²) in [5.74, 6) is 0.642. The van der Waals surface area contributed by atoms with Crippen molar-refractivity contribution in [3.63, 3.8) is 0 Å². The van der Waals surface area contributed by atoms with Crippen LogP contribution in [0.25, 0.3) is 0 Å². The van der Waals surface area contributed by atoms with E-state index in [1.54, 1.807) is 12.1 Å². The van der Waals surface area contributed by atoms with Gasteiger partial charge in [-0.05, 0) is 44.1 Å². The Balaban J connectivity index is 2.39. The Kier molecular flexibility index (Phi) is 9.23. The summed E-state index contributed by atoms with van der Waals surface area (Å²) in [5.41, 5.74) is 0.992. The predicted octanol–water partition coefficient (Wildman–Crippen LogP) is 2.27. The van der Waals surface area contributed by atoms with E-state index in [1.165, 1.54) is 6.07 Å². The van der Waals surface area contributed by atoms with Gasteiger partial charge in [-0.15, -0.1) is 0 Å². The largest absolute Gasteiger partial charge is 0.357 e. The zero-order valence-electron chi connectivity index (χ0n) is 14.0. The van der Waals surface area contributed by atoms with Gasteiger partial charge >= 0.3 is 0 Å². The molecule has 0 atom stereocenters. The molecular formula is C17H29FN4. The average Bonchev–Trinajstić information content (AvgIpc) is 2.51. The van der Waals surface area contributed by atoms with Crippen LogP contribution < -0.4 is 10.6 Å². The highest BCUT2D eigenvalue weighted by Gasteiger charge is 2.00. The molecule has 0 aliphatic carbocycles. The number of rotatable bonds is 9. The third kappa shape index (κ3) is 7.41. The molecule has 1 rings (SSSR count). The zero-order valence-corrected chi connectivity index (χ0v) is 14.0. The van der Waals surface area contributed by atoms with E-state index in [9.17, 15) is 4.39 Å². The van der Waals surface area contributed by atoms with E-state index in [1.807, 2.05) is 13.0 Å². The average molecular weight is 308 g/mol. The molecule has 0 unspecified atom stereocenters. The lowest BCUT2D eigenvalue weighted by atomic mass is 10.1. The molecule has 22 heavy (non-hydrogen) atoms. The lowest BCUT2D eigenvalue weighted by Crippen LogP contribution is -2.39. The number of guanidine groups is 1. The molecule has 2 N–H and O–H groups in total. The van der Waals surface area contributed by atoms with Crippen molar-refractivity contribution >= 4 is 5.96 Å². The smallest absolute Gasteiger partial charge is 0.191 e. The van der Waals surface area contributed by atoms with Crippen LogP contribution in [0.4, 0.5) is 4.39 Å². The molecule has 0 bridgehead atoms. The van der Waals surface area contributed by atoms with Gasteiger partial charge in [-0.3, -0.25) is 4.99 Å². The lowest BCUT2D eigenvalue weighted by Gasteiger charge is -2.17. The zero-order chi connectivity index (χ0) is 16.2. The van der Waals surface area contributed by atoms with Gasteiger partial charge in [-0.2, -0.15) is 0 Å². The van der Waals surface area contributed by atoms with Crippen molar-refractivity contribution in [1.29, 1.82) is 0 Å². The predicted molar refractivity (Wildman–Crippen MR) is 91.9 cm³/mol. The Morgan fingerprint density at radius 3 is 2.59 bits per heavy atom. The van der Waals surface area contributed by atoms with Gasteiger partial charge in [0.25, 0.3) is 0 Å². The van der Waals surface area contributed by atoms with Gasteiger partial charge in [0.15, 0.2) is 5.96 Å². The van der Waals surface area contributed by atoms with Crippen molar-refractivity contribution < 1.29 is 4.39 Å². The van der Waals surface area contributed by atoms with E-state index in [-0.39, 0.29) is 5.82 Å². The molecule has 0 saturated heterocycles. The number of hydrogen-bond donors (Lipinski definition) is 2. The molecule has 0 heterocycles. The minimum absolute atomic E-state index is 0.183. The van der Waals surface area contributed by atoms with E-state index < -0.39 is 0 Å². The van der Waals surface area contributed by atoms with Crippen LogP contribution in [-0.4, -0.2) is 50.1 Å². The molecule has 1 aromatic carbocycles. The molecule has 5 heteroatoms. The standard InChI is InChI=1S/C17H29FN4/c1-4-19-17(21-12-13-22(5-2)6-3)20-11-10-15-8-7-9-16(18)14-15/h7-9,14H,4-6,10-13H2,1-3H3,(H2,19,20,21). The Morgan fingerprint density at radius 2 is 1.95 bits per heavy atom. The molecule has 0 aromatic heterocycles. The van der Waals surface area contributed by atoms with Crippen molar-refractivity contribution in [1.82, 2.24) is 15.5 Å². The van der Waals surface area contributed by atoms with Crippen molar-refractivity contribution in [2.45, 2.75) is 27.2 Å². The number of likely N-dealkylation sites (N-methyl/N-ethyl adjacent to an activating group) is 1. The SMILES string of the molecule is CCNC(=NCCN(CC)CC)NCCc1cccc(F)c1. The van der Waals surface area contributed by atoms with Crippen LogP contribution in [0.15, 0.2) is 29.3 Å². The second-order valence-corrected chi connectivity index (χ2v) is 5.09. The van der Waals surface area contributed by atoms with Crippen LogP contribution in [0, 0.1) is 5.82 Å². The first kappa shape index (κ1) is 18.4.